The molecule has 0 aromatic carbocycles. The number of nitrogens with zero attached hydrogens (tertiary/aromatic N) is 1. The fourth-order valence-corrected chi connectivity index (χ4v) is 4.90. The maximum absolute atomic E-state index is 12.7. The van der Waals surface area contributed by atoms with E-state index in [0.29, 0.717) is 24.8 Å². The number of nitrogens with one attached hydrogen (secondary N) is 1. The quantitative estimate of drug-likeness (QED) is 0.786. The van der Waals surface area contributed by atoms with Gasteiger partial charge in [-0.2, -0.15) is 0 Å². The van der Waals surface area contributed by atoms with E-state index < -0.39 is 0 Å². The predicted octanol–water partition coefficient (Wildman–Crippen LogP) is 1.34. The number of fused-ring (bicyclic) bond motifs is 2. The molecule has 0 aromatic heterocycles. The van der Waals surface area contributed by atoms with E-state index in [-0.39, 0.29) is 35.7 Å². The van der Waals surface area contributed by atoms with Gasteiger partial charge in [-0.15, -0.1) is 0 Å². The molecule has 2 saturated carbocycles. The predicted molar refractivity (Wildman–Crippen MR) is 87.9 cm³/mol. The fraction of sp³-hybridized carbons (Fsp3) is 0.833. The number of carbonyl (C=O) groups excluding carboxylic acids is 3. The van der Waals surface area contributed by atoms with Crippen LogP contribution in [0.15, 0.2) is 0 Å². The van der Waals surface area contributed by atoms with Gasteiger partial charge >= 0.3 is 5.97 Å². The molecular weight excluding hydrogens is 308 g/mol. The van der Waals surface area contributed by atoms with Crippen molar-refractivity contribution in [1.82, 2.24) is 10.2 Å². The van der Waals surface area contributed by atoms with Crippen LogP contribution in [0.25, 0.3) is 0 Å². The highest BCUT2D eigenvalue weighted by molar-refractivity contribution is 5.83. The van der Waals surface area contributed by atoms with Crippen molar-refractivity contribution in [1.29, 1.82) is 0 Å². The van der Waals surface area contributed by atoms with Gasteiger partial charge in [0.15, 0.2) is 0 Å². The third-order valence-corrected chi connectivity index (χ3v) is 6.15. The Labute approximate surface area is 143 Å². The van der Waals surface area contributed by atoms with E-state index >= 15 is 0 Å². The van der Waals surface area contributed by atoms with Crippen molar-refractivity contribution in [3.05, 3.63) is 0 Å². The second-order valence-electron chi connectivity index (χ2n) is 7.45. The van der Waals surface area contributed by atoms with Crippen molar-refractivity contribution in [3.8, 4) is 0 Å². The lowest BCUT2D eigenvalue weighted by Crippen LogP contribution is -2.52. The fourth-order valence-electron chi connectivity index (χ4n) is 4.90. The van der Waals surface area contributed by atoms with Crippen molar-refractivity contribution in [2.75, 3.05) is 20.2 Å². The zero-order valence-electron chi connectivity index (χ0n) is 14.6. The lowest BCUT2D eigenvalue weighted by molar-refractivity contribution is -0.148. The Morgan fingerprint density at radius 1 is 1.17 bits per heavy atom. The molecule has 3 fully saturated rings. The monoisotopic (exact) mass is 336 g/mol. The van der Waals surface area contributed by atoms with Crippen molar-refractivity contribution in [3.63, 3.8) is 0 Å². The summed E-state index contributed by atoms with van der Waals surface area (Å²) in [5.41, 5.74) is 0. The summed E-state index contributed by atoms with van der Waals surface area (Å²) in [6, 6.07) is -0.0963. The van der Waals surface area contributed by atoms with E-state index in [1.54, 1.807) is 4.90 Å². The van der Waals surface area contributed by atoms with E-state index in [1.165, 1.54) is 7.11 Å². The Morgan fingerprint density at radius 2 is 1.92 bits per heavy atom. The third-order valence-electron chi connectivity index (χ3n) is 6.15. The summed E-state index contributed by atoms with van der Waals surface area (Å²) in [6.45, 7) is 3.10. The molecule has 6 nitrogen and oxygen atoms in total. The molecule has 2 amide bonds. The van der Waals surface area contributed by atoms with Crippen LogP contribution in [0.3, 0.4) is 0 Å². The average Bonchev–Trinajstić information content (AvgIpc) is 3.22. The zero-order valence-corrected chi connectivity index (χ0v) is 14.6. The van der Waals surface area contributed by atoms with Gasteiger partial charge in [-0.05, 0) is 43.9 Å². The first-order valence-electron chi connectivity index (χ1n) is 9.21. The summed E-state index contributed by atoms with van der Waals surface area (Å²) in [5, 5.41) is 3.15. The van der Waals surface area contributed by atoms with Gasteiger partial charge in [0.1, 0.15) is 0 Å². The number of hydrogen-bond donors (Lipinski definition) is 1. The van der Waals surface area contributed by atoms with Crippen molar-refractivity contribution >= 4 is 17.8 Å². The van der Waals surface area contributed by atoms with Gasteiger partial charge in [-0.3, -0.25) is 14.4 Å². The molecule has 0 unspecified atom stereocenters. The Hall–Kier alpha value is -1.59. The van der Waals surface area contributed by atoms with Gasteiger partial charge in [0.2, 0.25) is 11.8 Å². The van der Waals surface area contributed by atoms with Gasteiger partial charge < -0.3 is 15.0 Å². The number of esters is 1. The molecule has 0 aromatic rings. The molecule has 1 saturated heterocycles. The Morgan fingerprint density at radius 3 is 2.62 bits per heavy atom. The van der Waals surface area contributed by atoms with Crippen LogP contribution in [0.1, 0.15) is 45.4 Å². The normalized spacial score (nSPS) is 34.9. The number of piperidine rings is 1. The standard InChI is InChI=1S/C18H28N2O4/c1-3-14(21)20-8-4-5-13(10-20)17(22)19-16-12-7-6-11(9-12)15(16)18(23)24-2/h11-13,15-16H,3-10H2,1-2H3,(H,19,22)/t11-,12-,13-,15+,16-/m0/s1. The summed E-state index contributed by atoms with van der Waals surface area (Å²) >= 11 is 0. The minimum Gasteiger partial charge on any atom is -0.469 e. The number of hydrogen-bond acceptors (Lipinski definition) is 4. The molecule has 5 atom stereocenters. The maximum Gasteiger partial charge on any atom is 0.311 e. The lowest BCUT2D eigenvalue weighted by atomic mass is 9.84. The summed E-state index contributed by atoms with van der Waals surface area (Å²) in [5.74, 6) is 0.285. The summed E-state index contributed by atoms with van der Waals surface area (Å²) in [7, 11) is 1.42. The number of ether oxygens (including phenoxy) is 1. The second-order valence-corrected chi connectivity index (χ2v) is 7.45. The Kier molecular flexibility index (Phi) is 5.11. The SMILES string of the molecule is CCC(=O)N1CCC[C@H](C(=O)N[C@H]2[C@H]3CC[C@@H](C3)[C@H]2C(=O)OC)C1. The highest BCUT2D eigenvalue weighted by atomic mass is 16.5. The number of rotatable bonds is 4. The molecule has 2 aliphatic carbocycles. The highest BCUT2D eigenvalue weighted by Gasteiger charge is 2.52. The Balaban J connectivity index is 1.63. The number of carbonyl (C=O) groups is 3. The van der Waals surface area contributed by atoms with Crippen LogP contribution in [0.4, 0.5) is 0 Å². The average molecular weight is 336 g/mol. The molecule has 1 heterocycles. The molecule has 0 radical (unpaired) electrons. The van der Waals surface area contributed by atoms with Gasteiger partial charge in [0.25, 0.3) is 0 Å². The zero-order chi connectivity index (χ0) is 17.3. The molecule has 1 aliphatic heterocycles. The smallest absolute Gasteiger partial charge is 0.311 e. The minimum atomic E-state index is -0.199. The molecule has 3 rings (SSSR count). The van der Waals surface area contributed by atoms with Crippen molar-refractivity contribution in [2.45, 2.75) is 51.5 Å². The minimum absolute atomic E-state index is 0.00458. The highest BCUT2D eigenvalue weighted by Crippen LogP contribution is 2.49. The molecule has 1 N–H and O–H groups in total. The second kappa shape index (κ2) is 7.11. The van der Waals surface area contributed by atoms with Gasteiger partial charge in [-0.1, -0.05) is 6.92 Å². The van der Waals surface area contributed by atoms with Gasteiger partial charge in [0.05, 0.1) is 18.9 Å². The van der Waals surface area contributed by atoms with Crippen LogP contribution >= 0.6 is 0 Å². The van der Waals surface area contributed by atoms with Crippen LogP contribution in [-0.4, -0.2) is 48.9 Å². The van der Waals surface area contributed by atoms with Crippen LogP contribution in [0.5, 0.6) is 0 Å². The van der Waals surface area contributed by atoms with Crippen LogP contribution in [0, 0.1) is 23.7 Å². The van der Waals surface area contributed by atoms with E-state index in [1.807, 2.05) is 6.92 Å². The van der Waals surface area contributed by atoms with Crippen LogP contribution in [0.2, 0.25) is 0 Å². The first-order valence-corrected chi connectivity index (χ1v) is 9.21. The summed E-state index contributed by atoms with van der Waals surface area (Å²) in [4.78, 5) is 38.6. The van der Waals surface area contributed by atoms with E-state index in [9.17, 15) is 14.4 Å². The third kappa shape index (κ3) is 3.15. The first kappa shape index (κ1) is 17.2. The number of likely N-dealkylation sites (tertiary alicyclic amines) is 1. The van der Waals surface area contributed by atoms with Crippen molar-refractivity contribution < 1.29 is 19.1 Å². The van der Waals surface area contributed by atoms with Gasteiger partial charge in [0, 0.05) is 25.6 Å². The van der Waals surface area contributed by atoms with Crippen LogP contribution < -0.4 is 5.32 Å². The number of methoxy groups -OCH3 is 1. The molecule has 3 aliphatic rings. The lowest BCUT2D eigenvalue weighted by Gasteiger charge is -2.35. The molecule has 0 spiro atoms. The largest absolute Gasteiger partial charge is 0.469 e. The van der Waals surface area contributed by atoms with Gasteiger partial charge in [-0.25, -0.2) is 0 Å². The van der Waals surface area contributed by atoms with E-state index in [0.717, 1.165) is 38.6 Å². The van der Waals surface area contributed by atoms with E-state index in [4.69, 9.17) is 4.74 Å². The topological polar surface area (TPSA) is 75.7 Å². The first-order chi connectivity index (χ1) is 11.5. The van der Waals surface area contributed by atoms with Crippen molar-refractivity contribution in [2.24, 2.45) is 23.7 Å². The van der Waals surface area contributed by atoms with E-state index in [2.05, 4.69) is 5.32 Å². The summed E-state index contributed by atoms with van der Waals surface area (Å²) in [6.07, 6.45) is 5.29. The molecular formula is C18H28N2O4. The Bertz CT molecular complexity index is 521. The molecule has 24 heavy (non-hydrogen) atoms. The van der Waals surface area contributed by atoms with Crippen LogP contribution in [-0.2, 0) is 19.1 Å². The number of amides is 2. The molecule has 134 valence electrons. The summed E-state index contributed by atoms with van der Waals surface area (Å²) < 4.78 is 4.96. The molecule has 2 bridgehead atoms. The maximum atomic E-state index is 12.7. The molecule has 6 heteroatoms.